The molecule has 1 aliphatic rings. The summed E-state index contributed by atoms with van der Waals surface area (Å²) in [5, 5.41) is 0. The fraction of sp³-hybridized carbons (Fsp3) is 0.571. The van der Waals surface area contributed by atoms with Crippen molar-refractivity contribution >= 4 is 15.9 Å². The summed E-state index contributed by atoms with van der Waals surface area (Å²) >= 11 is 0. The molecule has 8 nitrogen and oxygen atoms in total. The van der Waals surface area contributed by atoms with Gasteiger partial charge in [-0.2, -0.15) is 0 Å². The number of hydrogen-bond acceptors (Lipinski definition) is 5. The molecule has 0 spiro atoms. The van der Waals surface area contributed by atoms with Crippen LogP contribution < -0.4 is 5.56 Å². The fourth-order valence-corrected chi connectivity index (χ4v) is 3.21. The van der Waals surface area contributed by atoms with E-state index in [9.17, 15) is 18.0 Å². The Morgan fingerprint density at radius 3 is 2.70 bits per heavy atom. The molecule has 0 bridgehead atoms. The van der Waals surface area contributed by atoms with Gasteiger partial charge in [0.05, 0.1) is 17.6 Å². The first kappa shape index (κ1) is 17.6. The smallest absolute Gasteiger partial charge is 0.251 e. The highest BCUT2D eigenvalue weighted by molar-refractivity contribution is 7.89. The van der Waals surface area contributed by atoms with Crippen molar-refractivity contribution in [2.45, 2.75) is 24.5 Å². The molecule has 128 valence electrons. The lowest BCUT2D eigenvalue weighted by Gasteiger charge is -2.31. The molecule has 1 amide bonds. The second-order valence-electron chi connectivity index (χ2n) is 5.64. The molecule has 0 radical (unpaired) electrons. The Labute approximate surface area is 135 Å². The van der Waals surface area contributed by atoms with Crippen LogP contribution in [0.4, 0.5) is 0 Å². The molecule has 1 aromatic heterocycles. The van der Waals surface area contributed by atoms with Crippen LogP contribution in [0.2, 0.25) is 0 Å². The van der Waals surface area contributed by atoms with Crippen molar-refractivity contribution in [3.8, 4) is 0 Å². The number of pyridine rings is 1. The van der Waals surface area contributed by atoms with Gasteiger partial charge in [0, 0.05) is 39.4 Å². The minimum atomic E-state index is -3.66. The maximum Gasteiger partial charge on any atom is 0.251 e. The van der Waals surface area contributed by atoms with E-state index in [-0.39, 0.29) is 23.5 Å². The first-order valence-corrected chi connectivity index (χ1v) is 8.68. The summed E-state index contributed by atoms with van der Waals surface area (Å²) in [5.41, 5.74) is -0.419. The van der Waals surface area contributed by atoms with Gasteiger partial charge < -0.3 is 14.2 Å². The van der Waals surface area contributed by atoms with Gasteiger partial charge in [0.25, 0.3) is 5.56 Å². The van der Waals surface area contributed by atoms with Gasteiger partial charge in [-0.1, -0.05) is 0 Å². The zero-order valence-electron chi connectivity index (χ0n) is 13.4. The topological polar surface area (TPSA) is 88.9 Å². The van der Waals surface area contributed by atoms with Crippen LogP contribution in [0.3, 0.4) is 0 Å². The monoisotopic (exact) mass is 343 g/mol. The molecule has 0 N–H and O–H groups in total. The van der Waals surface area contributed by atoms with Crippen molar-refractivity contribution in [3.05, 3.63) is 28.7 Å². The maximum atomic E-state index is 12.3. The summed E-state index contributed by atoms with van der Waals surface area (Å²) in [6.45, 7) is 3.06. The third kappa shape index (κ3) is 3.98. The number of sulfonamides is 1. The molecule has 1 atom stereocenters. The zero-order chi connectivity index (χ0) is 17.2. The van der Waals surface area contributed by atoms with Crippen molar-refractivity contribution in [1.29, 1.82) is 0 Å². The molecule has 1 fully saturated rings. The van der Waals surface area contributed by atoms with Crippen molar-refractivity contribution in [1.82, 2.24) is 13.8 Å². The molecule has 9 heteroatoms. The quantitative estimate of drug-likeness (QED) is 0.724. The molecular formula is C14H21N3O5S. The van der Waals surface area contributed by atoms with Gasteiger partial charge in [-0.25, -0.2) is 12.7 Å². The van der Waals surface area contributed by atoms with Crippen LogP contribution in [0.15, 0.2) is 28.0 Å². The highest BCUT2D eigenvalue weighted by Crippen LogP contribution is 2.11. The van der Waals surface area contributed by atoms with Crippen LogP contribution in [-0.4, -0.2) is 68.0 Å². The van der Waals surface area contributed by atoms with Gasteiger partial charge >= 0.3 is 0 Å². The molecule has 1 aliphatic heterocycles. The molecule has 2 rings (SSSR count). The lowest BCUT2D eigenvalue weighted by molar-refractivity contribution is -0.138. The second-order valence-corrected chi connectivity index (χ2v) is 7.79. The van der Waals surface area contributed by atoms with E-state index in [1.807, 2.05) is 6.92 Å². The standard InChI is InChI=1S/C14H21N3O5S/c1-11-8-16(6-7-22-11)14(19)10-17-9-12(4-5-13(17)18)23(20,21)15(2)3/h4-5,9,11H,6-8,10H2,1-3H3/t11-/m1/s1. The number of carbonyl (C=O) groups is 1. The van der Waals surface area contributed by atoms with Crippen LogP contribution in [0.1, 0.15) is 6.92 Å². The third-order valence-corrected chi connectivity index (χ3v) is 5.43. The Kier molecular flexibility index (Phi) is 5.23. The van der Waals surface area contributed by atoms with Crippen molar-refractivity contribution in [3.63, 3.8) is 0 Å². The highest BCUT2D eigenvalue weighted by Gasteiger charge is 2.23. The van der Waals surface area contributed by atoms with E-state index in [1.54, 1.807) is 4.90 Å². The Bertz CT molecular complexity index is 741. The predicted octanol–water partition coefficient (Wildman–Crippen LogP) is -0.654. The van der Waals surface area contributed by atoms with E-state index < -0.39 is 15.6 Å². The summed E-state index contributed by atoms with van der Waals surface area (Å²) in [6.07, 6.45) is 1.16. The third-order valence-electron chi connectivity index (χ3n) is 3.63. The Balaban J connectivity index is 2.23. The molecule has 2 heterocycles. The fourth-order valence-electron chi connectivity index (χ4n) is 2.29. The largest absolute Gasteiger partial charge is 0.375 e. The summed E-state index contributed by atoms with van der Waals surface area (Å²) in [7, 11) is -0.841. The number of rotatable bonds is 4. The number of carbonyl (C=O) groups excluding carboxylic acids is 1. The Hall–Kier alpha value is -1.71. The first-order chi connectivity index (χ1) is 10.7. The second kappa shape index (κ2) is 6.81. The van der Waals surface area contributed by atoms with Crippen LogP contribution >= 0.6 is 0 Å². The van der Waals surface area contributed by atoms with Gasteiger partial charge in [-0.05, 0) is 13.0 Å². The number of nitrogens with zero attached hydrogens (tertiary/aromatic N) is 3. The van der Waals surface area contributed by atoms with Crippen molar-refractivity contribution in [2.24, 2.45) is 0 Å². The Morgan fingerprint density at radius 1 is 1.39 bits per heavy atom. The van der Waals surface area contributed by atoms with Crippen LogP contribution in [0.5, 0.6) is 0 Å². The van der Waals surface area contributed by atoms with Gasteiger partial charge in [-0.15, -0.1) is 0 Å². The van der Waals surface area contributed by atoms with Crippen LogP contribution in [0.25, 0.3) is 0 Å². The maximum absolute atomic E-state index is 12.3. The lowest BCUT2D eigenvalue weighted by atomic mass is 10.3. The van der Waals surface area contributed by atoms with E-state index in [4.69, 9.17) is 4.74 Å². The molecule has 0 saturated carbocycles. The predicted molar refractivity (Wildman–Crippen MR) is 83.6 cm³/mol. The molecule has 23 heavy (non-hydrogen) atoms. The number of ether oxygens (including phenoxy) is 1. The zero-order valence-corrected chi connectivity index (χ0v) is 14.2. The molecule has 1 saturated heterocycles. The minimum Gasteiger partial charge on any atom is -0.375 e. The van der Waals surface area contributed by atoms with Crippen LogP contribution in [-0.2, 0) is 26.1 Å². The first-order valence-electron chi connectivity index (χ1n) is 7.24. The number of morpholine rings is 1. The molecule has 0 aliphatic carbocycles. The lowest BCUT2D eigenvalue weighted by Crippen LogP contribution is -2.46. The summed E-state index contributed by atoms with van der Waals surface area (Å²) in [6, 6.07) is 2.40. The van der Waals surface area contributed by atoms with Gasteiger partial charge in [0.1, 0.15) is 6.54 Å². The normalized spacial score (nSPS) is 19.1. The van der Waals surface area contributed by atoms with E-state index >= 15 is 0 Å². The number of aromatic nitrogens is 1. The van der Waals surface area contributed by atoms with Gasteiger partial charge in [0.15, 0.2) is 0 Å². The van der Waals surface area contributed by atoms with E-state index in [1.165, 1.54) is 26.4 Å². The van der Waals surface area contributed by atoms with Crippen molar-refractivity contribution < 1.29 is 17.9 Å². The van der Waals surface area contributed by atoms with Gasteiger partial charge in [-0.3, -0.25) is 9.59 Å². The van der Waals surface area contributed by atoms with Gasteiger partial charge in [0.2, 0.25) is 15.9 Å². The highest BCUT2D eigenvalue weighted by atomic mass is 32.2. The van der Waals surface area contributed by atoms with E-state index in [0.717, 1.165) is 14.9 Å². The van der Waals surface area contributed by atoms with Crippen LogP contribution in [0, 0.1) is 0 Å². The SMILES string of the molecule is C[C@@H]1CN(C(=O)Cn2cc(S(=O)(=O)N(C)C)ccc2=O)CCO1. The Morgan fingerprint density at radius 2 is 2.09 bits per heavy atom. The van der Waals surface area contributed by atoms with Crippen molar-refractivity contribution in [2.75, 3.05) is 33.8 Å². The summed E-state index contributed by atoms with van der Waals surface area (Å²) < 4.78 is 31.8. The molecule has 1 aromatic rings. The average Bonchev–Trinajstić information content (AvgIpc) is 2.49. The molecular weight excluding hydrogens is 322 g/mol. The van der Waals surface area contributed by atoms with E-state index in [2.05, 4.69) is 0 Å². The number of amides is 1. The average molecular weight is 343 g/mol. The molecule has 0 unspecified atom stereocenters. The van der Waals surface area contributed by atoms with E-state index in [0.29, 0.717) is 19.7 Å². The summed E-state index contributed by atoms with van der Waals surface area (Å²) in [5.74, 6) is -0.235. The summed E-state index contributed by atoms with van der Waals surface area (Å²) in [4.78, 5) is 25.8. The molecule has 0 aromatic carbocycles. The minimum absolute atomic E-state index is 0.0229. The number of hydrogen-bond donors (Lipinski definition) is 0.